The Hall–Kier alpha value is -1.30. The molecule has 1 aliphatic rings. The predicted molar refractivity (Wildman–Crippen MR) is 99.6 cm³/mol. The minimum Gasteiger partial charge on any atom is -0.484 e. The summed E-state index contributed by atoms with van der Waals surface area (Å²) in [5.41, 5.74) is -1.25. The van der Waals surface area contributed by atoms with E-state index < -0.39 is 29.9 Å². The Balaban J connectivity index is 3.29. The smallest absolute Gasteiger partial charge is 0.412 e. The normalized spacial score (nSPS) is 23.8. The molecule has 1 heterocycles. The van der Waals surface area contributed by atoms with Gasteiger partial charge in [-0.2, -0.15) is 0 Å². The van der Waals surface area contributed by atoms with Crippen LogP contribution in [-0.2, 0) is 9.47 Å². The van der Waals surface area contributed by atoms with Crippen molar-refractivity contribution in [2.45, 2.75) is 80.2 Å². The van der Waals surface area contributed by atoms with Gasteiger partial charge in [0.1, 0.15) is 11.8 Å². The molecule has 6 heteroatoms. The molecule has 0 aromatic heterocycles. The number of nitrogens with zero attached hydrogens (tertiary/aromatic N) is 2. The summed E-state index contributed by atoms with van der Waals surface area (Å²) >= 11 is 0. The Morgan fingerprint density at radius 2 is 1.68 bits per heavy atom. The van der Waals surface area contributed by atoms with Crippen LogP contribution in [-0.4, -0.2) is 53.5 Å². The van der Waals surface area contributed by atoms with Crippen LogP contribution in [0.2, 0.25) is 0 Å². The first kappa shape index (κ1) is 21.7. The second kappa shape index (κ2) is 7.14. The third-order valence-electron chi connectivity index (χ3n) is 4.14. The van der Waals surface area contributed by atoms with Crippen molar-refractivity contribution in [2.75, 3.05) is 13.7 Å². The topological polar surface area (TPSA) is 71.4 Å². The molecular weight excluding hydrogens is 320 g/mol. The average Bonchev–Trinajstić information content (AvgIpc) is 2.41. The largest absolute Gasteiger partial charge is 0.484 e. The van der Waals surface area contributed by atoms with Crippen molar-refractivity contribution in [1.29, 1.82) is 0 Å². The van der Waals surface area contributed by atoms with Crippen LogP contribution < -0.4 is 0 Å². The summed E-state index contributed by atoms with van der Waals surface area (Å²) in [6.07, 6.45) is -1.53. The number of hydrogen-bond donors (Lipinski definition) is 1. The number of amides is 1. The SMILES string of the molecule is COC1=N[C@H](C(C)(C)C)N(C(=O)OC(C)(C)C)C[C@H]1[C@@H](O)C(C)(C)C. The zero-order valence-corrected chi connectivity index (χ0v) is 17.5. The number of ether oxygens (including phenoxy) is 2. The van der Waals surface area contributed by atoms with Crippen molar-refractivity contribution in [3.05, 3.63) is 0 Å². The van der Waals surface area contributed by atoms with E-state index in [1.54, 1.807) is 12.0 Å². The lowest BCUT2D eigenvalue weighted by Crippen LogP contribution is -2.57. The summed E-state index contributed by atoms with van der Waals surface area (Å²) in [5.74, 6) is 0.0956. The summed E-state index contributed by atoms with van der Waals surface area (Å²) in [7, 11) is 1.56. The summed E-state index contributed by atoms with van der Waals surface area (Å²) < 4.78 is 11.1. The number of aliphatic hydroxyl groups is 1. The summed E-state index contributed by atoms with van der Waals surface area (Å²) in [5, 5.41) is 10.8. The van der Waals surface area contributed by atoms with Crippen molar-refractivity contribution in [3.8, 4) is 0 Å². The van der Waals surface area contributed by atoms with Gasteiger partial charge in [0.2, 0.25) is 0 Å². The van der Waals surface area contributed by atoms with Crippen LogP contribution in [0.1, 0.15) is 62.3 Å². The molecule has 1 aliphatic heterocycles. The molecule has 1 N–H and O–H groups in total. The molecule has 0 spiro atoms. The molecule has 0 aromatic rings. The van der Waals surface area contributed by atoms with Gasteiger partial charge in [0, 0.05) is 12.0 Å². The fourth-order valence-electron chi connectivity index (χ4n) is 2.87. The maximum absolute atomic E-state index is 12.8. The third kappa shape index (κ3) is 5.59. The highest BCUT2D eigenvalue weighted by atomic mass is 16.6. The second-order valence-electron chi connectivity index (χ2n) is 9.96. The molecule has 0 saturated heterocycles. The zero-order chi connectivity index (χ0) is 19.8. The first-order valence-corrected chi connectivity index (χ1v) is 8.87. The first-order chi connectivity index (χ1) is 11.1. The van der Waals surface area contributed by atoms with E-state index in [1.807, 2.05) is 62.3 Å². The van der Waals surface area contributed by atoms with Gasteiger partial charge in [-0.05, 0) is 26.2 Å². The quantitative estimate of drug-likeness (QED) is 0.778. The van der Waals surface area contributed by atoms with Gasteiger partial charge in [-0.3, -0.25) is 4.90 Å². The van der Waals surface area contributed by atoms with Crippen LogP contribution in [0.15, 0.2) is 4.99 Å². The van der Waals surface area contributed by atoms with Crippen molar-refractivity contribution >= 4 is 12.0 Å². The second-order valence-corrected chi connectivity index (χ2v) is 9.96. The molecule has 1 rings (SSSR count). The van der Waals surface area contributed by atoms with Gasteiger partial charge in [0.15, 0.2) is 5.90 Å². The van der Waals surface area contributed by atoms with E-state index in [-0.39, 0.29) is 10.8 Å². The van der Waals surface area contributed by atoms with E-state index in [2.05, 4.69) is 4.99 Å². The van der Waals surface area contributed by atoms with Gasteiger partial charge in [0.05, 0.1) is 19.1 Å². The molecule has 6 nitrogen and oxygen atoms in total. The van der Waals surface area contributed by atoms with E-state index in [0.717, 1.165) is 0 Å². The minimum absolute atomic E-state index is 0.293. The van der Waals surface area contributed by atoms with Gasteiger partial charge in [-0.15, -0.1) is 0 Å². The van der Waals surface area contributed by atoms with Crippen LogP contribution in [0, 0.1) is 16.7 Å². The number of methoxy groups -OCH3 is 1. The van der Waals surface area contributed by atoms with Crippen LogP contribution in [0.4, 0.5) is 4.79 Å². The number of aliphatic hydroxyl groups excluding tert-OH is 1. The molecule has 0 aliphatic carbocycles. The lowest BCUT2D eigenvalue weighted by Gasteiger charge is -2.45. The molecule has 0 bridgehead atoms. The molecule has 0 fully saturated rings. The van der Waals surface area contributed by atoms with Gasteiger partial charge >= 0.3 is 6.09 Å². The Morgan fingerprint density at radius 3 is 2.04 bits per heavy atom. The van der Waals surface area contributed by atoms with Gasteiger partial charge in [0.25, 0.3) is 0 Å². The average molecular weight is 357 g/mol. The monoisotopic (exact) mass is 356 g/mol. The van der Waals surface area contributed by atoms with E-state index >= 15 is 0 Å². The Morgan fingerprint density at radius 1 is 1.16 bits per heavy atom. The molecule has 146 valence electrons. The van der Waals surface area contributed by atoms with Crippen molar-refractivity contribution in [3.63, 3.8) is 0 Å². The van der Waals surface area contributed by atoms with E-state index in [1.165, 1.54) is 0 Å². The molecule has 0 saturated carbocycles. The minimum atomic E-state index is -0.697. The predicted octanol–water partition coefficient (Wildman–Crippen LogP) is 3.68. The molecule has 25 heavy (non-hydrogen) atoms. The number of carbonyl (C=O) groups is 1. The highest BCUT2D eigenvalue weighted by molar-refractivity contribution is 5.82. The summed E-state index contributed by atoms with van der Waals surface area (Å²) in [6.45, 7) is 17.8. The lowest BCUT2D eigenvalue weighted by atomic mass is 9.79. The zero-order valence-electron chi connectivity index (χ0n) is 17.5. The van der Waals surface area contributed by atoms with Crippen molar-refractivity contribution < 1.29 is 19.4 Å². The van der Waals surface area contributed by atoms with E-state index in [4.69, 9.17) is 9.47 Å². The summed E-state index contributed by atoms with van der Waals surface area (Å²) in [4.78, 5) is 19.1. The maximum atomic E-state index is 12.8. The Bertz CT molecular complexity index is 509. The van der Waals surface area contributed by atoms with Gasteiger partial charge in [-0.1, -0.05) is 41.5 Å². The molecule has 3 atom stereocenters. The van der Waals surface area contributed by atoms with Crippen molar-refractivity contribution in [1.82, 2.24) is 4.90 Å². The fraction of sp³-hybridized carbons (Fsp3) is 0.895. The van der Waals surface area contributed by atoms with Crippen LogP contribution >= 0.6 is 0 Å². The highest BCUT2D eigenvalue weighted by Gasteiger charge is 2.46. The lowest BCUT2D eigenvalue weighted by molar-refractivity contribution is -0.0282. The third-order valence-corrected chi connectivity index (χ3v) is 4.14. The highest BCUT2D eigenvalue weighted by Crippen LogP contribution is 2.35. The Labute approximate surface area is 152 Å². The molecule has 1 amide bonds. The van der Waals surface area contributed by atoms with Crippen molar-refractivity contribution in [2.24, 2.45) is 21.7 Å². The van der Waals surface area contributed by atoms with E-state index in [0.29, 0.717) is 12.4 Å². The van der Waals surface area contributed by atoms with Gasteiger partial charge in [-0.25, -0.2) is 9.79 Å². The Kier molecular flexibility index (Phi) is 6.21. The molecule has 0 aromatic carbocycles. The number of hydrogen-bond acceptors (Lipinski definition) is 5. The number of aliphatic imine (C=N–C) groups is 1. The fourth-order valence-corrected chi connectivity index (χ4v) is 2.87. The first-order valence-electron chi connectivity index (χ1n) is 8.87. The number of carbonyl (C=O) groups excluding carboxylic acids is 1. The molecule has 0 radical (unpaired) electrons. The van der Waals surface area contributed by atoms with Crippen LogP contribution in [0.3, 0.4) is 0 Å². The maximum Gasteiger partial charge on any atom is 0.412 e. The van der Waals surface area contributed by atoms with E-state index in [9.17, 15) is 9.90 Å². The van der Waals surface area contributed by atoms with Gasteiger partial charge < -0.3 is 14.6 Å². The van der Waals surface area contributed by atoms with Crippen LogP contribution in [0.5, 0.6) is 0 Å². The molecule has 0 unspecified atom stereocenters. The van der Waals surface area contributed by atoms with Crippen LogP contribution in [0.25, 0.3) is 0 Å². The molecular formula is C19H36N2O4. The summed E-state index contributed by atoms with van der Waals surface area (Å²) in [6, 6.07) is 0. The standard InChI is InChI=1S/C19H36N2O4/c1-17(2,3)13(22)12-11-21(16(23)25-19(7,8)9)15(18(4,5)6)20-14(12)24-10/h12-13,15,22H,11H2,1-10H3/t12-,13+,15-/m0/s1. The number of rotatable bonds is 1.